The highest BCUT2D eigenvalue weighted by molar-refractivity contribution is 9.11. The lowest BCUT2D eigenvalue weighted by Crippen LogP contribution is -2.25. The lowest BCUT2D eigenvalue weighted by Gasteiger charge is -2.04. The van der Waals surface area contributed by atoms with Gasteiger partial charge in [-0.25, -0.2) is 13.1 Å². The van der Waals surface area contributed by atoms with E-state index in [1.807, 2.05) is 0 Å². The minimum absolute atomic E-state index is 0.167. The smallest absolute Gasteiger partial charge is 0.250 e. The predicted molar refractivity (Wildman–Crippen MR) is 81.2 cm³/mol. The van der Waals surface area contributed by atoms with E-state index in [4.69, 9.17) is 16.7 Å². The Hall–Kier alpha value is 0.690. The topological polar surface area (TPSA) is 66.4 Å². The number of thiophene rings is 1. The van der Waals surface area contributed by atoms with Crippen LogP contribution in [-0.4, -0.2) is 38.2 Å². The van der Waals surface area contributed by atoms with Gasteiger partial charge in [0.25, 0.3) is 0 Å². The van der Waals surface area contributed by atoms with Crippen LogP contribution < -0.4 is 4.72 Å². The molecule has 1 aromatic rings. The van der Waals surface area contributed by atoms with Gasteiger partial charge in [-0.15, -0.1) is 11.3 Å². The summed E-state index contributed by atoms with van der Waals surface area (Å²) in [4.78, 5) is 0. The van der Waals surface area contributed by atoms with Gasteiger partial charge in [-0.1, -0.05) is 11.6 Å². The number of hydrogen-bond donors (Lipinski definition) is 2. The van der Waals surface area contributed by atoms with Crippen LogP contribution in [0.5, 0.6) is 0 Å². The molecule has 0 amide bonds. The van der Waals surface area contributed by atoms with Gasteiger partial charge in [0.15, 0.2) is 0 Å². The molecule has 0 spiro atoms. The summed E-state index contributed by atoms with van der Waals surface area (Å²) in [6.07, 6.45) is 0.727. The van der Waals surface area contributed by atoms with Crippen LogP contribution in [0, 0.1) is 0 Å². The summed E-state index contributed by atoms with van der Waals surface area (Å²) in [5.41, 5.74) is 0. The quantitative estimate of drug-likeness (QED) is 0.665. The Morgan fingerprint density at radius 1 is 1.50 bits per heavy atom. The second-order valence-electron chi connectivity index (χ2n) is 3.27. The number of sulfonamides is 1. The van der Waals surface area contributed by atoms with Gasteiger partial charge in [-0.3, -0.25) is 0 Å². The van der Waals surface area contributed by atoms with Gasteiger partial charge in [0, 0.05) is 18.9 Å². The molecule has 0 saturated carbocycles. The molecule has 1 aromatic heterocycles. The molecule has 0 bridgehead atoms. The van der Waals surface area contributed by atoms with E-state index in [2.05, 4.69) is 20.7 Å². The number of aliphatic hydroxyl groups excluding tert-OH is 1. The molecular weight excluding hydrogens is 382 g/mol. The molecule has 0 aliphatic heterocycles. The monoisotopic (exact) mass is 393 g/mol. The molecule has 4 nitrogen and oxygen atoms in total. The maximum atomic E-state index is 11.9. The van der Waals surface area contributed by atoms with Gasteiger partial charge in [0.1, 0.15) is 4.21 Å². The van der Waals surface area contributed by atoms with Crippen molar-refractivity contribution in [2.24, 2.45) is 0 Å². The molecule has 1 heterocycles. The van der Waals surface area contributed by atoms with Crippen molar-refractivity contribution < 1.29 is 13.5 Å². The maximum Gasteiger partial charge on any atom is 0.250 e. The fourth-order valence-electron chi connectivity index (χ4n) is 1.05. The molecule has 0 saturated heterocycles. The second kappa shape index (κ2) is 8.08. The highest BCUT2D eigenvalue weighted by Crippen LogP contribution is 2.34. The van der Waals surface area contributed by atoms with Crippen LogP contribution in [0.1, 0.15) is 6.42 Å². The number of hydrogen-bond acceptors (Lipinski definition) is 5. The third kappa shape index (κ3) is 5.36. The molecule has 0 unspecified atom stereocenters. The average molecular weight is 395 g/mol. The van der Waals surface area contributed by atoms with E-state index in [0.29, 0.717) is 21.1 Å². The first kappa shape index (κ1) is 16.7. The average Bonchev–Trinajstić information content (AvgIpc) is 2.65. The first-order valence-corrected chi connectivity index (χ1v) is 9.73. The van der Waals surface area contributed by atoms with Gasteiger partial charge >= 0.3 is 0 Å². The van der Waals surface area contributed by atoms with Crippen molar-refractivity contribution in [3.63, 3.8) is 0 Å². The number of aliphatic hydroxyl groups is 1. The highest BCUT2D eigenvalue weighted by Gasteiger charge is 2.18. The van der Waals surface area contributed by atoms with E-state index in [9.17, 15) is 8.42 Å². The SMILES string of the molecule is O=S(=O)(NCCSCCCO)c1cc(Cl)c(Br)s1. The van der Waals surface area contributed by atoms with Crippen molar-refractivity contribution in [2.45, 2.75) is 10.6 Å². The minimum Gasteiger partial charge on any atom is -0.396 e. The lowest BCUT2D eigenvalue weighted by atomic mass is 10.5. The van der Waals surface area contributed by atoms with E-state index in [-0.39, 0.29) is 10.8 Å². The van der Waals surface area contributed by atoms with Crippen molar-refractivity contribution in [3.05, 3.63) is 14.9 Å². The highest BCUT2D eigenvalue weighted by atomic mass is 79.9. The number of nitrogens with one attached hydrogen (secondary N) is 1. The van der Waals surface area contributed by atoms with Crippen LogP contribution in [-0.2, 0) is 10.0 Å². The Labute approximate surface area is 128 Å². The molecule has 0 aliphatic carbocycles. The second-order valence-corrected chi connectivity index (χ2v) is 9.27. The van der Waals surface area contributed by atoms with Crippen molar-refractivity contribution >= 4 is 60.7 Å². The number of halogens is 2. The molecular formula is C9H13BrClNO3S3. The molecule has 2 N–H and O–H groups in total. The molecule has 9 heteroatoms. The molecule has 18 heavy (non-hydrogen) atoms. The Morgan fingerprint density at radius 2 is 2.22 bits per heavy atom. The van der Waals surface area contributed by atoms with E-state index < -0.39 is 10.0 Å². The van der Waals surface area contributed by atoms with Gasteiger partial charge in [0.2, 0.25) is 10.0 Å². The molecule has 0 aromatic carbocycles. The van der Waals surface area contributed by atoms with Gasteiger partial charge in [-0.05, 0) is 34.2 Å². The minimum atomic E-state index is -3.46. The first-order valence-electron chi connectivity index (χ1n) is 5.10. The van der Waals surface area contributed by atoms with Crippen LogP contribution in [0.3, 0.4) is 0 Å². The molecule has 0 fully saturated rings. The fourth-order valence-corrected chi connectivity index (χ4v) is 5.43. The van der Waals surface area contributed by atoms with Crippen LogP contribution in [0.2, 0.25) is 5.02 Å². The Balaban J connectivity index is 2.41. The molecule has 0 atom stereocenters. The molecule has 0 aliphatic rings. The third-order valence-corrected chi connectivity index (χ3v) is 7.35. The fraction of sp³-hybridized carbons (Fsp3) is 0.556. The van der Waals surface area contributed by atoms with Crippen molar-refractivity contribution in [1.82, 2.24) is 4.72 Å². The van der Waals surface area contributed by atoms with Crippen LogP contribution in [0.15, 0.2) is 14.1 Å². The number of rotatable bonds is 8. The zero-order valence-corrected chi connectivity index (χ0v) is 14.1. The summed E-state index contributed by atoms with van der Waals surface area (Å²) in [6.45, 7) is 0.534. The van der Waals surface area contributed by atoms with E-state index in [1.165, 1.54) is 6.07 Å². The largest absolute Gasteiger partial charge is 0.396 e. The van der Waals surface area contributed by atoms with Gasteiger partial charge < -0.3 is 5.11 Å². The van der Waals surface area contributed by atoms with Gasteiger partial charge in [-0.2, -0.15) is 11.8 Å². The molecule has 0 radical (unpaired) electrons. The van der Waals surface area contributed by atoms with Crippen molar-refractivity contribution in [2.75, 3.05) is 24.7 Å². The predicted octanol–water partition coefficient (Wildman–Crippen LogP) is 2.56. The zero-order valence-electron chi connectivity index (χ0n) is 9.36. The normalized spacial score (nSPS) is 11.9. The summed E-state index contributed by atoms with van der Waals surface area (Å²) in [6, 6.07) is 1.43. The Kier molecular flexibility index (Phi) is 7.52. The number of thioether (sulfide) groups is 1. The third-order valence-electron chi connectivity index (χ3n) is 1.87. The van der Waals surface area contributed by atoms with E-state index >= 15 is 0 Å². The Morgan fingerprint density at radius 3 is 2.78 bits per heavy atom. The molecule has 104 valence electrons. The summed E-state index contributed by atoms with van der Waals surface area (Å²) in [7, 11) is -3.46. The summed E-state index contributed by atoms with van der Waals surface area (Å²) >= 11 is 11.7. The van der Waals surface area contributed by atoms with Crippen LogP contribution in [0.4, 0.5) is 0 Å². The summed E-state index contributed by atoms with van der Waals surface area (Å²) in [5, 5.41) is 8.99. The van der Waals surface area contributed by atoms with E-state index in [0.717, 1.165) is 23.5 Å². The standard InChI is InChI=1S/C9H13BrClNO3S3/c10-9-7(11)6-8(17-9)18(14,15)12-2-5-16-4-1-3-13/h6,12-13H,1-5H2. The van der Waals surface area contributed by atoms with Gasteiger partial charge in [0.05, 0.1) is 8.81 Å². The zero-order chi connectivity index (χ0) is 13.6. The lowest BCUT2D eigenvalue weighted by molar-refractivity contribution is 0.296. The van der Waals surface area contributed by atoms with Crippen molar-refractivity contribution in [3.8, 4) is 0 Å². The van der Waals surface area contributed by atoms with Crippen LogP contribution in [0.25, 0.3) is 0 Å². The molecule has 1 rings (SSSR count). The summed E-state index contributed by atoms with van der Waals surface area (Å²) < 4.78 is 27.0. The van der Waals surface area contributed by atoms with E-state index in [1.54, 1.807) is 11.8 Å². The van der Waals surface area contributed by atoms with Crippen molar-refractivity contribution in [1.29, 1.82) is 0 Å². The van der Waals surface area contributed by atoms with Crippen LogP contribution >= 0.6 is 50.6 Å². The Bertz CT molecular complexity index is 458. The summed E-state index contributed by atoms with van der Waals surface area (Å²) in [5.74, 6) is 1.51. The first-order chi connectivity index (χ1) is 8.47. The maximum absolute atomic E-state index is 11.9.